The Morgan fingerprint density at radius 3 is 2.10 bits per heavy atom. The molecule has 5 nitrogen and oxygen atoms in total. The highest BCUT2D eigenvalue weighted by Crippen LogP contribution is 2.04. The first kappa shape index (κ1) is 21.8. The van der Waals surface area contributed by atoms with E-state index in [1.165, 1.54) is 0 Å². The van der Waals surface area contributed by atoms with E-state index < -0.39 is 0 Å². The summed E-state index contributed by atoms with van der Waals surface area (Å²) in [6, 6.07) is 0. The van der Waals surface area contributed by atoms with Gasteiger partial charge in [0.05, 0.1) is 6.54 Å². The van der Waals surface area contributed by atoms with Crippen molar-refractivity contribution in [3.63, 3.8) is 0 Å². The van der Waals surface area contributed by atoms with Gasteiger partial charge < -0.3 is 16.0 Å². The van der Waals surface area contributed by atoms with Gasteiger partial charge in [0.25, 0.3) is 0 Å². The van der Waals surface area contributed by atoms with E-state index in [1.807, 2.05) is 20.8 Å². The van der Waals surface area contributed by atoms with E-state index in [0.29, 0.717) is 11.9 Å². The van der Waals surface area contributed by atoms with Gasteiger partial charge in [0, 0.05) is 19.1 Å². The smallest absolute Gasteiger partial charge is 0.239 e. The predicted molar refractivity (Wildman–Crippen MR) is 96.7 cm³/mol. The molecule has 0 aliphatic carbocycles. The third-order valence-electron chi connectivity index (χ3n) is 2.87. The van der Waals surface area contributed by atoms with Gasteiger partial charge in [-0.25, -0.2) is 0 Å². The number of amides is 1. The molecule has 0 aromatic rings. The molecular formula is C14H31IN4O. The Morgan fingerprint density at radius 1 is 1.15 bits per heavy atom. The molecule has 0 spiro atoms. The number of rotatable bonds is 6. The van der Waals surface area contributed by atoms with Crippen molar-refractivity contribution in [3.8, 4) is 0 Å². The maximum atomic E-state index is 11.7. The lowest BCUT2D eigenvalue weighted by atomic mass is 10.0. The number of aliphatic imine (C=N–C) groups is 1. The summed E-state index contributed by atoms with van der Waals surface area (Å²) in [5, 5.41) is 9.17. The van der Waals surface area contributed by atoms with Crippen molar-refractivity contribution < 1.29 is 4.79 Å². The third kappa shape index (κ3) is 11.3. The van der Waals surface area contributed by atoms with Gasteiger partial charge in [-0.3, -0.25) is 9.79 Å². The van der Waals surface area contributed by atoms with Crippen molar-refractivity contribution in [2.24, 2.45) is 10.9 Å². The highest BCUT2D eigenvalue weighted by molar-refractivity contribution is 14.0. The van der Waals surface area contributed by atoms with E-state index in [4.69, 9.17) is 0 Å². The topological polar surface area (TPSA) is 65.5 Å². The molecule has 6 heteroatoms. The molecule has 0 aliphatic heterocycles. The van der Waals surface area contributed by atoms with Gasteiger partial charge in [0.1, 0.15) is 0 Å². The van der Waals surface area contributed by atoms with E-state index in [0.717, 1.165) is 19.4 Å². The normalized spacial score (nSPS) is 11.8. The molecule has 0 rings (SSSR count). The number of nitrogens with zero attached hydrogens (tertiary/aromatic N) is 1. The molecule has 0 bridgehead atoms. The highest BCUT2D eigenvalue weighted by atomic mass is 127. The summed E-state index contributed by atoms with van der Waals surface area (Å²) >= 11 is 0. The van der Waals surface area contributed by atoms with Crippen LogP contribution in [0.1, 0.15) is 47.5 Å². The molecule has 0 atom stereocenters. The van der Waals surface area contributed by atoms with Crippen LogP contribution in [0.5, 0.6) is 0 Å². The van der Waals surface area contributed by atoms with Crippen molar-refractivity contribution in [2.75, 3.05) is 20.1 Å². The number of carbonyl (C=O) groups excluding carboxylic acids is 1. The zero-order valence-corrected chi connectivity index (χ0v) is 16.0. The van der Waals surface area contributed by atoms with E-state index in [9.17, 15) is 4.79 Å². The van der Waals surface area contributed by atoms with Crippen LogP contribution in [-0.4, -0.2) is 37.5 Å². The Morgan fingerprint density at radius 2 is 1.70 bits per heavy atom. The van der Waals surface area contributed by atoms with E-state index >= 15 is 0 Å². The summed E-state index contributed by atoms with van der Waals surface area (Å²) in [4.78, 5) is 15.8. The number of hydrogen-bond acceptors (Lipinski definition) is 2. The van der Waals surface area contributed by atoms with Crippen LogP contribution < -0.4 is 16.0 Å². The standard InChI is InChI=1S/C14H30N4O.HI/c1-7-11(8-2)9-16-13(15-6)17-10-12(19)18-14(3,4)5;/h11H,7-10H2,1-6H3,(H,18,19)(H2,15,16,17);1H. The van der Waals surface area contributed by atoms with Gasteiger partial charge >= 0.3 is 0 Å². The molecule has 0 saturated heterocycles. The molecule has 0 radical (unpaired) electrons. The minimum atomic E-state index is -0.203. The lowest BCUT2D eigenvalue weighted by Crippen LogP contribution is -2.48. The van der Waals surface area contributed by atoms with E-state index in [2.05, 4.69) is 34.8 Å². The minimum Gasteiger partial charge on any atom is -0.356 e. The fraction of sp³-hybridized carbons (Fsp3) is 0.857. The summed E-state index contributed by atoms with van der Waals surface area (Å²) in [6.45, 7) is 11.4. The van der Waals surface area contributed by atoms with Crippen molar-refractivity contribution in [3.05, 3.63) is 0 Å². The zero-order valence-electron chi connectivity index (χ0n) is 13.7. The fourth-order valence-electron chi connectivity index (χ4n) is 1.67. The monoisotopic (exact) mass is 398 g/mol. The maximum Gasteiger partial charge on any atom is 0.239 e. The first-order valence-electron chi connectivity index (χ1n) is 7.07. The SMILES string of the molecule is CCC(CC)CNC(=NC)NCC(=O)NC(C)(C)C.I. The Labute approximate surface area is 140 Å². The van der Waals surface area contributed by atoms with Crippen molar-refractivity contribution in [2.45, 2.75) is 53.0 Å². The largest absolute Gasteiger partial charge is 0.356 e. The summed E-state index contributed by atoms with van der Waals surface area (Å²) in [5.74, 6) is 1.29. The second kappa shape index (κ2) is 11.2. The fourth-order valence-corrected chi connectivity index (χ4v) is 1.67. The molecule has 0 unspecified atom stereocenters. The van der Waals surface area contributed by atoms with Crippen LogP contribution in [0.3, 0.4) is 0 Å². The second-order valence-electron chi connectivity index (χ2n) is 5.79. The molecule has 3 N–H and O–H groups in total. The number of hydrogen-bond donors (Lipinski definition) is 3. The van der Waals surface area contributed by atoms with Crippen molar-refractivity contribution in [1.82, 2.24) is 16.0 Å². The average molecular weight is 398 g/mol. The van der Waals surface area contributed by atoms with E-state index in [-0.39, 0.29) is 42.0 Å². The maximum absolute atomic E-state index is 11.7. The van der Waals surface area contributed by atoms with Gasteiger partial charge in [0.15, 0.2) is 5.96 Å². The lowest BCUT2D eigenvalue weighted by molar-refractivity contribution is -0.121. The molecule has 0 aromatic heterocycles. The van der Waals surface area contributed by atoms with Crippen molar-refractivity contribution >= 4 is 35.8 Å². The summed E-state index contributed by atoms with van der Waals surface area (Å²) < 4.78 is 0. The van der Waals surface area contributed by atoms with Crippen LogP contribution in [-0.2, 0) is 4.79 Å². The van der Waals surface area contributed by atoms with Crippen LogP contribution in [0, 0.1) is 5.92 Å². The number of carbonyl (C=O) groups is 1. The molecule has 0 aromatic carbocycles. The molecule has 0 fully saturated rings. The summed E-state index contributed by atoms with van der Waals surface area (Å²) in [6.07, 6.45) is 2.29. The zero-order chi connectivity index (χ0) is 14.9. The molecule has 0 heterocycles. The molecule has 0 aliphatic rings. The molecule has 120 valence electrons. The average Bonchev–Trinajstić information content (AvgIpc) is 2.31. The quantitative estimate of drug-likeness (QED) is 0.365. The molecule has 1 amide bonds. The lowest BCUT2D eigenvalue weighted by Gasteiger charge is -2.21. The highest BCUT2D eigenvalue weighted by Gasteiger charge is 2.13. The summed E-state index contributed by atoms with van der Waals surface area (Å²) in [7, 11) is 1.71. The van der Waals surface area contributed by atoms with Crippen LogP contribution >= 0.6 is 24.0 Å². The Hall–Kier alpha value is -0.530. The van der Waals surface area contributed by atoms with Crippen molar-refractivity contribution in [1.29, 1.82) is 0 Å². The molecule has 20 heavy (non-hydrogen) atoms. The first-order chi connectivity index (χ1) is 8.82. The number of nitrogens with one attached hydrogen (secondary N) is 3. The Balaban J connectivity index is 0. The predicted octanol–water partition coefficient (Wildman–Crippen LogP) is 2.12. The van der Waals surface area contributed by atoms with E-state index in [1.54, 1.807) is 7.05 Å². The van der Waals surface area contributed by atoms with Gasteiger partial charge in [-0.2, -0.15) is 0 Å². The molecule has 0 saturated carbocycles. The first-order valence-corrected chi connectivity index (χ1v) is 7.07. The summed E-state index contributed by atoms with van der Waals surface area (Å²) in [5.41, 5.74) is -0.203. The van der Waals surface area contributed by atoms with Crippen LogP contribution in [0.4, 0.5) is 0 Å². The Bertz CT molecular complexity index is 296. The van der Waals surface area contributed by atoms with Gasteiger partial charge in [0.2, 0.25) is 5.91 Å². The number of guanidine groups is 1. The molecular weight excluding hydrogens is 367 g/mol. The third-order valence-corrected chi connectivity index (χ3v) is 2.87. The van der Waals surface area contributed by atoms with Gasteiger partial charge in [-0.1, -0.05) is 26.7 Å². The van der Waals surface area contributed by atoms with Crippen LogP contribution in [0.25, 0.3) is 0 Å². The minimum absolute atomic E-state index is 0. The van der Waals surface area contributed by atoms with Gasteiger partial charge in [-0.05, 0) is 26.7 Å². The van der Waals surface area contributed by atoms with Gasteiger partial charge in [-0.15, -0.1) is 24.0 Å². The second-order valence-corrected chi connectivity index (χ2v) is 5.79. The van der Waals surface area contributed by atoms with Crippen LogP contribution in [0.2, 0.25) is 0 Å². The van der Waals surface area contributed by atoms with Crippen LogP contribution in [0.15, 0.2) is 4.99 Å². The number of halogens is 1. The Kier molecular flexibility index (Phi) is 12.1.